The van der Waals surface area contributed by atoms with E-state index >= 15 is 0 Å². The standard InChI is InChI=1S/C9H6F2N2/c10-7-3-5-1-2-13-9(12)6(5)4-8(7)11/h1-4H,(H2,12,13). The maximum atomic E-state index is 12.8. The van der Waals surface area contributed by atoms with E-state index in [9.17, 15) is 8.78 Å². The van der Waals surface area contributed by atoms with Crippen molar-refractivity contribution in [3.8, 4) is 0 Å². The van der Waals surface area contributed by atoms with Crippen molar-refractivity contribution < 1.29 is 8.78 Å². The molecule has 0 aliphatic heterocycles. The predicted octanol–water partition coefficient (Wildman–Crippen LogP) is 2.10. The molecule has 1 heterocycles. The van der Waals surface area contributed by atoms with Crippen LogP contribution in [0.1, 0.15) is 0 Å². The highest BCUT2D eigenvalue weighted by atomic mass is 19.2. The second-order valence-electron chi connectivity index (χ2n) is 2.68. The Bertz CT molecular complexity index is 468. The fraction of sp³-hybridized carbons (Fsp3) is 0. The first-order chi connectivity index (χ1) is 6.18. The average Bonchev–Trinajstić information content (AvgIpc) is 2.09. The van der Waals surface area contributed by atoms with Crippen LogP contribution in [0.4, 0.5) is 14.6 Å². The van der Waals surface area contributed by atoms with Crippen LogP contribution in [-0.4, -0.2) is 4.98 Å². The Kier molecular flexibility index (Phi) is 1.62. The normalized spacial score (nSPS) is 10.6. The summed E-state index contributed by atoms with van der Waals surface area (Å²) >= 11 is 0. The van der Waals surface area contributed by atoms with Gasteiger partial charge in [0.2, 0.25) is 0 Å². The molecule has 0 unspecified atom stereocenters. The quantitative estimate of drug-likeness (QED) is 0.674. The van der Waals surface area contributed by atoms with E-state index in [0.29, 0.717) is 10.8 Å². The fourth-order valence-electron chi connectivity index (χ4n) is 1.19. The number of hydrogen-bond acceptors (Lipinski definition) is 2. The van der Waals surface area contributed by atoms with Crippen LogP contribution in [0.25, 0.3) is 10.8 Å². The number of fused-ring (bicyclic) bond motifs is 1. The van der Waals surface area contributed by atoms with Crippen molar-refractivity contribution in [1.29, 1.82) is 0 Å². The highest BCUT2D eigenvalue weighted by molar-refractivity contribution is 5.90. The molecule has 2 N–H and O–H groups in total. The molecule has 2 aromatic rings. The number of aromatic nitrogens is 1. The van der Waals surface area contributed by atoms with Gasteiger partial charge in [-0.3, -0.25) is 0 Å². The molecular weight excluding hydrogens is 174 g/mol. The third-order valence-corrected chi connectivity index (χ3v) is 1.84. The van der Waals surface area contributed by atoms with Crippen LogP contribution in [0.2, 0.25) is 0 Å². The monoisotopic (exact) mass is 180 g/mol. The Morgan fingerprint density at radius 1 is 1.15 bits per heavy atom. The van der Waals surface area contributed by atoms with E-state index in [1.54, 1.807) is 6.07 Å². The van der Waals surface area contributed by atoms with Crippen LogP contribution in [0.15, 0.2) is 24.4 Å². The lowest BCUT2D eigenvalue weighted by Gasteiger charge is -2.00. The van der Waals surface area contributed by atoms with Gasteiger partial charge in [-0.15, -0.1) is 0 Å². The number of nitrogens with two attached hydrogens (primary N) is 1. The van der Waals surface area contributed by atoms with E-state index in [4.69, 9.17) is 5.73 Å². The van der Waals surface area contributed by atoms with Gasteiger partial charge in [0.1, 0.15) is 5.82 Å². The van der Waals surface area contributed by atoms with E-state index in [1.165, 1.54) is 6.20 Å². The number of hydrogen-bond donors (Lipinski definition) is 1. The largest absolute Gasteiger partial charge is 0.383 e. The number of halogens is 2. The second-order valence-corrected chi connectivity index (χ2v) is 2.68. The van der Waals surface area contributed by atoms with E-state index in [-0.39, 0.29) is 5.82 Å². The average molecular weight is 180 g/mol. The molecule has 0 aliphatic carbocycles. The van der Waals surface area contributed by atoms with Crippen LogP contribution < -0.4 is 5.73 Å². The van der Waals surface area contributed by atoms with Gasteiger partial charge >= 0.3 is 0 Å². The Labute approximate surface area is 73.0 Å². The van der Waals surface area contributed by atoms with Gasteiger partial charge in [-0.1, -0.05) is 0 Å². The molecule has 0 radical (unpaired) electrons. The van der Waals surface area contributed by atoms with Gasteiger partial charge in [-0.05, 0) is 23.6 Å². The van der Waals surface area contributed by atoms with Gasteiger partial charge in [-0.25, -0.2) is 13.8 Å². The van der Waals surface area contributed by atoms with Crippen molar-refractivity contribution in [2.45, 2.75) is 0 Å². The lowest BCUT2D eigenvalue weighted by atomic mass is 10.1. The summed E-state index contributed by atoms with van der Waals surface area (Å²) < 4.78 is 25.5. The van der Waals surface area contributed by atoms with Crippen LogP contribution in [0.3, 0.4) is 0 Å². The molecule has 0 saturated carbocycles. The Morgan fingerprint density at radius 2 is 1.85 bits per heavy atom. The summed E-state index contributed by atoms with van der Waals surface area (Å²) in [6.45, 7) is 0. The molecule has 0 spiro atoms. The number of nitrogen functional groups attached to an aromatic ring is 1. The third kappa shape index (κ3) is 1.20. The summed E-state index contributed by atoms with van der Waals surface area (Å²) in [6.07, 6.45) is 1.45. The molecule has 2 rings (SSSR count). The topological polar surface area (TPSA) is 38.9 Å². The maximum absolute atomic E-state index is 12.8. The molecule has 0 bridgehead atoms. The van der Waals surface area contributed by atoms with Crippen LogP contribution in [0.5, 0.6) is 0 Å². The Hall–Kier alpha value is -1.71. The molecular formula is C9H6F2N2. The molecule has 0 fully saturated rings. The Morgan fingerprint density at radius 3 is 2.62 bits per heavy atom. The summed E-state index contributed by atoms with van der Waals surface area (Å²) in [5, 5.41) is 0.979. The third-order valence-electron chi connectivity index (χ3n) is 1.84. The van der Waals surface area contributed by atoms with Gasteiger partial charge in [0.15, 0.2) is 11.6 Å². The van der Waals surface area contributed by atoms with Gasteiger partial charge in [0.05, 0.1) is 0 Å². The lowest BCUT2D eigenvalue weighted by molar-refractivity contribution is 0.511. The van der Waals surface area contributed by atoms with Gasteiger partial charge in [0.25, 0.3) is 0 Å². The van der Waals surface area contributed by atoms with E-state index in [2.05, 4.69) is 4.98 Å². The molecule has 1 aromatic carbocycles. The molecule has 2 nitrogen and oxygen atoms in total. The molecule has 66 valence electrons. The first-order valence-electron chi connectivity index (χ1n) is 3.68. The minimum atomic E-state index is -0.910. The van der Waals surface area contributed by atoms with E-state index < -0.39 is 11.6 Å². The molecule has 0 aliphatic rings. The molecule has 4 heteroatoms. The number of nitrogens with zero attached hydrogens (tertiary/aromatic N) is 1. The SMILES string of the molecule is Nc1nccc2cc(F)c(F)cc12. The first kappa shape index (κ1) is 7.91. The summed E-state index contributed by atoms with van der Waals surface area (Å²) in [5.74, 6) is -1.58. The van der Waals surface area contributed by atoms with Crippen molar-refractivity contribution in [2.24, 2.45) is 0 Å². The molecule has 0 saturated heterocycles. The minimum absolute atomic E-state index is 0.205. The number of pyridine rings is 1. The van der Waals surface area contributed by atoms with Crippen molar-refractivity contribution in [3.05, 3.63) is 36.0 Å². The highest BCUT2D eigenvalue weighted by Gasteiger charge is 2.05. The summed E-state index contributed by atoms with van der Waals surface area (Å²) in [6, 6.07) is 3.73. The zero-order chi connectivity index (χ0) is 9.42. The van der Waals surface area contributed by atoms with Gasteiger partial charge < -0.3 is 5.73 Å². The highest BCUT2D eigenvalue weighted by Crippen LogP contribution is 2.21. The number of rotatable bonds is 0. The van der Waals surface area contributed by atoms with Crippen molar-refractivity contribution >= 4 is 16.6 Å². The molecule has 0 amide bonds. The zero-order valence-corrected chi connectivity index (χ0v) is 6.59. The van der Waals surface area contributed by atoms with Gasteiger partial charge in [-0.2, -0.15) is 0 Å². The summed E-state index contributed by atoms with van der Waals surface area (Å²) in [7, 11) is 0. The van der Waals surface area contributed by atoms with E-state index in [0.717, 1.165) is 12.1 Å². The van der Waals surface area contributed by atoms with Gasteiger partial charge in [0, 0.05) is 11.6 Å². The number of anilines is 1. The van der Waals surface area contributed by atoms with Crippen LogP contribution in [0, 0.1) is 11.6 Å². The minimum Gasteiger partial charge on any atom is -0.383 e. The molecule has 13 heavy (non-hydrogen) atoms. The lowest BCUT2D eigenvalue weighted by Crippen LogP contribution is -1.92. The van der Waals surface area contributed by atoms with Crippen molar-refractivity contribution in [1.82, 2.24) is 4.98 Å². The molecule has 0 atom stereocenters. The van der Waals surface area contributed by atoms with Crippen LogP contribution in [-0.2, 0) is 0 Å². The second kappa shape index (κ2) is 2.65. The zero-order valence-electron chi connectivity index (χ0n) is 6.59. The molecule has 1 aromatic heterocycles. The first-order valence-corrected chi connectivity index (χ1v) is 3.68. The van der Waals surface area contributed by atoms with E-state index in [1.807, 2.05) is 0 Å². The Balaban J connectivity index is 2.89. The number of benzene rings is 1. The maximum Gasteiger partial charge on any atom is 0.159 e. The van der Waals surface area contributed by atoms with Crippen LogP contribution >= 0.6 is 0 Å². The fourth-order valence-corrected chi connectivity index (χ4v) is 1.19. The summed E-state index contributed by atoms with van der Waals surface area (Å²) in [5.41, 5.74) is 5.47. The van der Waals surface area contributed by atoms with Crippen molar-refractivity contribution in [3.63, 3.8) is 0 Å². The smallest absolute Gasteiger partial charge is 0.159 e. The summed E-state index contributed by atoms with van der Waals surface area (Å²) in [4.78, 5) is 3.77. The van der Waals surface area contributed by atoms with Crippen molar-refractivity contribution in [2.75, 3.05) is 5.73 Å². The predicted molar refractivity (Wildman–Crippen MR) is 46.1 cm³/mol.